The Labute approximate surface area is 204 Å². The predicted octanol–water partition coefficient (Wildman–Crippen LogP) is 4.31. The highest BCUT2D eigenvalue weighted by Crippen LogP contribution is 2.22. The molecule has 1 aliphatic heterocycles. The van der Waals surface area contributed by atoms with Gasteiger partial charge in [-0.1, -0.05) is 54.4 Å². The minimum atomic E-state index is -0.273. The van der Waals surface area contributed by atoms with Crippen LogP contribution in [0.1, 0.15) is 31.4 Å². The van der Waals surface area contributed by atoms with Crippen LogP contribution in [0.15, 0.2) is 58.6 Å². The number of likely N-dealkylation sites (N-methyl/N-ethyl adjacent to an activating group) is 1. The second kappa shape index (κ2) is 11.7. The van der Waals surface area contributed by atoms with Gasteiger partial charge in [-0.25, -0.2) is 5.01 Å². The molecule has 1 amide bonds. The van der Waals surface area contributed by atoms with Crippen LogP contribution in [-0.2, 0) is 11.2 Å². The minimum Gasteiger partial charge on any atom is -0.332 e. The van der Waals surface area contributed by atoms with Crippen LogP contribution in [0.5, 0.6) is 0 Å². The number of benzene rings is 2. The van der Waals surface area contributed by atoms with Crippen molar-refractivity contribution in [3.63, 3.8) is 0 Å². The third-order valence-corrected chi connectivity index (χ3v) is 5.86. The number of amides is 1. The van der Waals surface area contributed by atoms with Crippen molar-refractivity contribution in [1.29, 1.82) is 5.26 Å². The third-order valence-electron chi connectivity index (χ3n) is 5.36. The predicted molar refractivity (Wildman–Crippen MR) is 132 cm³/mol. The van der Waals surface area contributed by atoms with E-state index in [1.165, 1.54) is 0 Å². The van der Waals surface area contributed by atoms with Gasteiger partial charge in [-0.15, -0.1) is 0 Å². The van der Waals surface area contributed by atoms with Gasteiger partial charge in [-0.3, -0.25) is 15.1 Å². The molecule has 2 aromatic rings. The number of hydrogen-bond donors (Lipinski definition) is 1. The van der Waals surface area contributed by atoms with Crippen LogP contribution in [0.2, 0.25) is 10.0 Å². The van der Waals surface area contributed by atoms with E-state index in [0.717, 1.165) is 16.8 Å². The third kappa shape index (κ3) is 6.25. The highest BCUT2D eigenvalue weighted by atomic mass is 35.5. The van der Waals surface area contributed by atoms with Gasteiger partial charge in [0.15, 0.2) is 6.19 Å². The second-order valence-electron chi connectivity index (χ2n) is 7.44. The fourth-order valence-corrected chi connectivity index (χ4v) is 3.94. The van der Waals surface area contributed by atoms with E-state index in [-0.39, 0.29) is 11.9 Å². The molecule has 33 heavy (non-hydrogen) atoms. The van der Waals surface area contributed by atoms with E-state index in [2.05, 4.69) is 10.3 Å². The maximum atomic E-state index is 12.6. The number of halogens is 2. The summed E-state index contributed by atoms with van der Waals surface area (Å²) in [5.74, 6) is 0.390. The van der Waals surface area contributed by atoms with Crippen molar-refractivity contribution in [3.8, 4) is 6.19 Å². The van der Waals surface area contributed by atoms with E-state index >= 15 is 0 Å². The lowest BCUT2D eigenvalue weighted by Gasteiger charge is -2.29. The van der Waals surface area contributed by atoms with Gasteiger partial charge < -0.3 is 4.90 Å². The molecular formula is C24H26Cl2N6O. The first-order valence-electron chi connectivity index (χ1n) is 10.8. The highest BCUT2D eigenvalue weighted by Gasteiger charge is 2.35. The average molecular weight is 485 g/mol. The fraction of sp³-hybridized carbons (Fsp3) is 0.333. The largest absolute Gasteiger partial charge is 0.332 e. The van der Waals surface area contributed by atoms with E-state index < -0.39 is 0 Å². The fourth-order valence-electron chi connectivity index (χ4n) is 3.69. The first kappa shape index (κ1) is 24.6. The lowest BCUT2D eigenvalue weighted by atomic mass is 10.0. The van der Waals surface area contributed by atoms with Crippen LogP contribution in [0.3, 0.4) is 0 Å². The summed E-state index contributed by atoms with van der Waals surface area (Å²) in [6.45, 7) is 5.20. The summed E-state index contributed by atoms with van der Waals surface area (Å²) in [5.41, 5.74) is 2.70. The molecule has 0 radical (unpaired) electrons. The lowest BCUT2D eigenvalue weighted by molar-refractivity contribution is -0.131. The number of rotatable bonds is 7. The maximum absolute atomic E-state index is 12.6. The highest BCUT2D eigenvalue weighted by molar-refractivity contribution is 6.31. The molecule has 9 heteroatoms. The Hall–Kier alpha value is -3.08. The molecular weight excluding hydrogens is 459 g/mol. The first-order chi connectivity index (χ1) is 16.0. The number of carbonyl (C=O) groups is 1. The SMILES string of the molecule is CCC(=O)N(CC)C1CN(C(=NCCc2ccc(Cl)cc2)NC#N)N=C1c1ccc(Cl)cc1. The van der Waals surface area contributed by atoms with Crippen molar-refractivity contribution in [2.75, 3.05) is 19.6 Å². The Kier molecular flexibility index (Phi) is 8.70. The Bertz CT molecular complexity index is 1060. The zero-order chi connectivity index (χ0) is 23.8. The molecule has 0 fully saturated rings. The monoisotopic (exact) mass is 484 g/mol. The second-order valence-corrected chi connectivity index (χ2v) is 8.31. The molecule has 0 bridgehead atoms. The molecule has 1 atom stereocenters. The van der Waals surface area contributed by atoms with Gasteiger partial charge in [-0.2, -0.15) is 10.4 Å². The van der Waals surface area contributed by atoms with E-state index in [0.29, 0.717) is 48.5 Å². The van der Waals surface area contributed by atoms with Crippen LogP contribution in [-0.4, -0.2) is 53.2 Å². The molecule has 2 aromatic carbocycles. The molecule has 1 aliphatic rings. The molecule has 1 heterocycles. The van der Waals surface area contributed by atoms with Crippen LogP contribution < -0.4 is 5.32 Å². The Morgan fingerprint density at radius 2 is 1.82 bits per heavy atom. The normalized spacial score (nSPS) is 15.7. The van der Waals surface area contributed by atoms with Crippen LogP contribution in [0.4, 0.5) is 0 Å². The molecule has 0 saturated heterocycles. The number of hydrogen-bond acceptors (Lipinski definition) is 4. The van der Waals surface area contributed by atoms with Crippen LogP contribution >= 0.6 is 23.2 Å². The summed E-state index contributed by atoms with van der Waals surface area (Å²) >= 11 is 12.0. The van der Waals surface area contributed by atoms with Crippen molar-refractivity contribution in [3.05, 3.63) is 69.7 Å². The van der Waals surface area contributed by atoms with Crippen molar-refractivity contribution >= 4 is 40.8 Å². The van der Waals surface area contributed by atoms with E-state index in [1.807, 2.05) is 61.3 Å². The maximum Gasteiger partial charge on any atom is 0.228 e. The van der Waals surface area contributed by atoms with Crippen LogP contribution in [0, 0.1) is 11.5 Å². The van der Waals surface area contributed by atoms with E-state index in [1.54, 1.807) is 17.1 Å². The summed E-state index contributed by atoms with van der Waals surface area (Å²) in [5, 5.41) is 19.7. The van der Waals surface area contributed by atoms with Crippen molar-refractivity contribution in [1.82, 2.24) is 15.2 Å². The van der Waals surface area contributed by atoms with Gasteiger partial charge in [0.1, 0.15) is 0 Å². The summed E-state index contributed by atoms with van der Waals surface area (Å²) in [6, 6.07) is 14.7. The number of nitrogens with one attached hydrogen (secondary N) is 1. The molecule has 0 spiro atoms. The summed E-state index contributed by atoms with van der Waals surface area (Å²) < 4.78 is 0. The van der Waals surface area contributed by atoms with E-state index in [4.69, 9.17) is 28.3 Å². The number of guanidine groups is 1. The van der Waals surface area contributed by atoms with Crippen LogP contribution in [0.25, 0.3) is 0 Å². The molecule has 1 N–H and O–H groups in total. The zero-order valence-corrected chi connectivity index (χ0v) is 20.1. The number of nitriles is 1. The number of carbonyl (C=O) groups excluding carboxylic acids is 1. The quantitative estimate of drug-likeness (QED) is 0.274. The molecule has 7 nitrogen and oxygen atoms in total. The Morgan fingerprint density at radius 1 is 1.18 bits per heavy atom. The Morgan fingerprint density at radius 3 is 2.39 bits per heavy atom. The number of aliphatic imine (C=N–C) groups is 1. The summed E-state index contributed by atoms with van der Waals surface area (Å²) in [4.78, 5) is 19.0. The minimum absolute atomic E-state index is 0.0421. The smallest absolute Gasteiger partial charge is 0.228 e. The van der Waals surface area contributed by atoms with Gasteiger partial charge in [0, 0.05) is 35.1 Å². The first-order valence-corrected chi connectivity index (χ1v) is 11.6. The molecule has 0 saturated carbocycles. The average Bonchev–Trinajstić information content (AvgIpc) is 3.25. The summed E-state index contributed by atoms with van der Waals surface area (Å²) in [7, 11) is 0. The van der Waals surface area contributed by atoms with E-state index in [9.17, 15) is 10.1 Å². The molecule has 3 rings (SSSR count). The zero-order valence-electron chi connectivity index (χ0n) is 18.6. The number of nitrogens with zero attached hydrogens (tertiary/aromatic N) is 5. The number of hydrazone groups is 1. The van der Waals surface area contributed by atoms with Gasteiger partial charge in [-0.05, 0) is 43.2 Å². The van der Waals surface area contributed by atoms with Gasteiger partial charge in [0.2, 0.25) is 11.9 Å². The molecule has 172 valence electrons. The summed E-state index contributed by atoms with van der Waals surface area (Å²) in [6.07, 6.45) is 3.04. The van der Waals surface area contributed by atoms with Gasteiger partial charge in [0.25, 0.3) is 0 Å². The van der Waals surface area contributed by atoms with Gasteiger partial charge >= 0.3 is 0 Å². The molecule has 0 aromatic heterocycles. The van der Waals surface area contributed by atoms with Crippen molar-refractivity contribution < 1.29 is 4.79 Å². The topological polar surface area (TPSA) is 84.1 Å². The standard InChI is InChI=1S/C24H26Cl2N6O/c1-3-22(33)31(4-2)21-15-32(30-23(21)18-7-11-20(26)12-8-18)24(29-16-27)28-14-13-17-5-9-19(25)10-6-17/h5-12,21H,3-4,13-15H2,1-2H3,(H,28,29). The lowest BCUT2D eigenvalue weighted by Crippen LogP contribution is -2.47. The Balaban J connectivity index is 1.88. The molecule has 1 unspecified atom stereocenters. The molecule has 0 aliphatic carbocycles. The van der Waals surface area contributed by atoms with Gasteiger partial charge in [0.05, 0.1) is 18.3 Å². The van der Waals surface area contributed by atoms with Crippen molar-refractivity contribution in [2.24, 2.45) is 10.1 Å². The van der Waals surface area contributed by atoms with Crippen molar-refractivity contribution in [2.45, 2.75) is 32.7 Å².